The fourth-order valence-corrected chi connectivity index (χ4v) is 3.16. The Morgan fingerprint density at radius 2 is 2.08 bits per heavy atom. The third-order valence-corrected chi connectivity index (χ3v) is 4.32. The number of benzene rings is 1. The molecule has 1 aromatic carbocycles. The number of fused-ring (bicyclic) bond motifs is 1. The number of aromatic hydroxyl groups is 1. The van der Waals surface area contributed by atoms with Crippen LogP contribution in [-0.2, 0) is 6.54 Å². The molecule has 3 heterocycles. The maximum absolute atomic E-state index is 12.8. The van der Waals surface area contributed by atoms with Crippen LogP contribution in [-0.4, -0.2) is 37.4 Å². The molecule has 1 amide bonds. The number of hydrogen-bond donors (Lipinski definition) is 2. The van der Waals surface area contributed by atoms with Crippen molar-refractivity contribution in [2.75, 3.05) is 6.54 Å². The van der Waals surface area contributed by atoms with Gasteiger partial charge in [-0.25, -0.2) is 4.98 Å². The summed E-state index contributed by atoms with van der Waals surface area (Å²) < 4.78 is 0. The van der Waals surface area contributed by atoms with Gasteiger partial charge in [0, 0.05) is 30.4 Å². The van der Waals surface area contributed by atoms with Gasteiger partial charge in [0.1, 0.15) is 5.75 Å². The normalized spacial score (nSPS) is 16.7. The van der Waals surface area contributed by atoms with Gasteiger partial charge < -0.3 is 15.0 Å². The van der Waals surface area contributed by atoms with E-state index in [1.54, 1.807) is 54.0 Å². The number of amides is 1. The largest absolute Gasteiger partial charge is 0.508 e. The Morgan fingerprint density at radius 3 is 2.88 bits per heavy atom. The van der Waals surface area contributed by atoms with Crippen molar-refractivity contribution in [2.45, 2.75) is 12.5 Å². The van der Waals surface area contributed by atoms with E-state index in [9.17, 15) is 9.90 Å². The lowest BCUT2D eigenvalue weighted by molar-refractivity contribution is 0.0721. The molecule has 1 aliphatic heterocycles. The number of hydrogen-bond acceptors (Lipinski definition) is 4. The maximum atomic E-state index is 12.8. The van der Waals surface area contributed by atoms with Crippen molar-refractivity contribution < 1.29 is 9.90 Å². The monoisotopic (exact) mass is 320 g/mol. The van der Waals surface area contributed by atoms with Gasteiger partial charge in [-0.15, -0.1) is 0 Å². The fourth-order valence-electron chi connectivity index (χ4n) is 3.16. The standard InChI is InChI=1S/C18H16N4O2/c23-14-3-1-2-13(8-14)15-9-22(10-16-17(15)21-11-20-16)18(24)12-4-6-19-7-5-12/h1-8,11,15,23H,9-10H2,(H,20,21). The van der Waals surface area contributed by atoms with Crippen LogP contribution < -0.4 is 0 Å². The molecule has 4 rings (SSSR count). The highest BCUT2D eigenvalue weighted by Crippen LogP contribution is 2.33. The van der Waals surface area contributed by atoms with E-state index in [0.29, 0.717) is 18.7 Å². The summed E-state index contributed by atoms with van der Waals surface area (Å²) in [7, 11) is 0. The van der Waals surface area contributed by atoms with Gasteiger partial charge in [-0.1, -0.05) is 12.1 Å². The number of pyridine rings is 1. The third kappa shape index (κ3) is 2.52. The van der Waals surface area contributed by atoms with Gasteiger partial charge in [0.05, 0.1) is 24.3 Å². The minimum Gasteiger partial charge on any atom is -0.508 e. The number of rotatable bonds is 2. The summed E-state index contributed by atoms with van der Waals surface area (Å²) in [6, 6.07) is 10.5. The zero-order valence-corrected chi connectivity index (χ0v) is 12.9. The lowest BCUT2D eigenvalue weighted by atomic mass is 9.90. The highest BCUT2D eigenvalue weighted by Gasteiger charge is 2.31. The summed E-state index contributed by atoms with van der Waals surface area (Å²) in [5.74, 6) is 0.0999. The van der Waals surface area contributed by atoms with Crippen molar-refractivity contribution in [3.8, 4) is 5.75 Å². The van der Waals surface area contributed by atoms with E-state index in [1.807, 2.05) is 6.07 Å². The van der Waals surface area contributed by atoms with Crippen LogP contribution >= 0.6 is 0 Å². The molecule has 0 fully saturated rings. The van der Waals surface area contributed by atoms with Crippen molar-refractivity contribution >= 4 is 5.91 Å². The molecule has 0 bridgehead atoms. The molecule has 1 aliphatic rings. The minimum atomic E-state index is -0.0714. The summed E-state index contributed by atoms with van der Waals surface area (Å²) >= 11 is 0. The summed E-state index contributed by atoms with van der Waals surface area (Å²) in [5, 5.41) is 9.78. The molecular weight excluding hydrogens is 304 g/mol. The zero-order valence-electron chi connectivity index (χ0n) is 12.9. The summed E-state index contributed by atoms with van der Waals surface area (Å²) in [5.41, 5.74) is 3.41. The molecule has 0 spiro atoms. The molecule has 0 radical (unpaired) electrons. The number of nitrogens with one attached hydrogen (secondary N) is 1. The Kier molecular flexibility index (Phi) is 3.49. The summed E-state index contributed by atoms with van der Waals surface area (Å²) in [6.45, 7) is 1.01. The average Bonchev–Trinajstić information content (AvgIpc) is 3.09. The van der Waals surface area contributed by atoms with Crippen molar-refractivity contribution in [3.63, 3.8) is 0 Å². The Labute approximate surface area is 138 Å². The van der Waals surface area contributed by atoms with Gasteiger partial charge in [-0.05, 0) is 29.8 Å². The predicted octanol–water partition coefficient (Wildman–Crippen LogP) is 2.30. The van der Waals surface area contributed by atoms with E-state index in [4.69, 9.17) is 0 Å². The maximum Gasteiger partial charge on any atom is 0.254 e. The van der Waals surface area contributed by atoms with Crippen LogP contribution in [0, 0.1) is 0 Å². The number of aromatic nitrogens is 3. The zero-order chi connectivity index (χ0) is 16.5. The smallest absolute Gasteiger partial charge is 0.254 e. The average molecular weight is 320 g/mol. The molecule has 2 N–H and O–H groups in total. The van der Waals surface area contributed by atoms with E-state index in [0.717, 1.165) is 17.0 Å². The first kappa shape index (κ1) is 14.4. The van der Waals surface area contributed by atoms with Gasteiger partial charge >= 0.3 is 0 Å². The molecule has 0 saturated heterocycles. The van der Waals surface area contributed by atoms with Gasteiger partial charge in [0.25, 0.3) is 5.91 Å². The molecule has 0 saturated carbocycles. The molecule has 1 atom stereocenters. The second kappa shape index (κ2) is 5.81. The summed E-state index contributed by atoms with van der Waals surface area (Å²) in [6.07, 6.45) is 4.89. The molecule has 0 aliphatic carbocycles. The van der Waals surface area contributed by atoms with Crippen molar-refractivity contribution in [1.29, 1.82) is 0 Å². The number of nitrogens with zero attached hydrogens (tertiary/aromatic N) is 3. The number of phenolic OH excluding ortho intramolecular Hbond substituents is 1. The number of aromatic amines is 1. The third-order valence-electron chi connectivity index (χ3n) is 4.32. The predicted molar refractivity (Wildman–Crippen MR) is 87.5 cm³/mol. The number of carbonyl (C=O) groups excluding carboxylic acids is 1. The topological polar surface area (TPSA) is 82.1 Å². The first-order chi connectivity index (χ1) is 11.7. The lowest BCUT2D eigenvalue weighted by Gasteiger charge is -2.32. The van der Waals surface area contributed by atoms with E-state index >= 15 is 0 Å². The molecule has 6 heteroatoms. The van der Waals surface area contributed by atoms with Crippen LogP contribution in [0.1, 0.15) is 33.2 Å². The molecule has 2 aromatic heterocycles. The van der Waals surface area contributed by atoms with Crippen LogP contribution in [0.5, 0.6) is 5.75 Å². The van der Waals surface area contributed by atoms with Crippen LogP contribution in [0.25, 0.3) is 0 Å². The highest BCUT2D eigenvalue weighted by molar-refractivity contribution is 5.94. The van der Waals surface area contributed by atoms with Crippen LogP contribution in [0.15, 0.2) is 55.1 Å². The molecular formula is C18H16N4O2. The Morgan fingerprint density at radius 1 is 1.25 bits per heavy atom. The van der Waals surface area contributed by atoms with E-state index < -0.39 is 0 Å². The Bertz CT molecular complexity index is 875. The van der Waals surface area contributed by atoms with Crippen LogP contribution in [0.4, 0.5) is 0 Å². The molecule has 120 valence electrons. The van der Waals surface area contributed by atoms with Crippen molar-refractivity contribution in [1.82, 2.24) is 19.9 Å². The number of H-pyrrole nitrogens is 1. The quantitative estimate of drug-likeness (QED) is 0.759. The van der Waals surface area contributed by atoms with Gasteiger partial charge in [-0.3, -0.25) is 9.78 Å². The summed E-state index contributed by atoms with van der Waals surface area (Å²) in [4.78, 5) is 26.1. The number of phenols is 1. The second-order valence-electron chi connectivity index (χ2n) is 5.84. The molecule has 6 nitrogen and oxygen atoms in total. The molecule has 24 heavy (non-hydrogen) atoms. The SMILES string of the molecule is O=C(c1ccncc1)N1Cc2[nH]cnc2C(c2cccc(O)c2)C1. The fraction of sp³-hybridized carbons (Fsp3) is 0.167. The van der Waals surface area contributed by atoms with E-state index in [2.05, 4.69) is 15.0 Å². The van der Waals surface area contributed by atoms with Gasteiger partial charge in [0.15, 0.2) is 0 Å². The first-order valence-corrected chi connectivity index (χ1v) is 7.73. The van der Waals surface area contributed by atoms with E-state index in [-0.39, 0.29) is 17.6 Å². The van der Waals surface area contributed by atoms with Crippen LogP contribution in [0.3, 0.4) is 0 Å². The lowest BCUT2D eigenvalue weighted by Crippen LogP contribution is -2.38. The van der Waals surface area contributed by atoms with Gasteiger partial charge in [-0.2, -0.15) is 0 Å². The highest BCUT2D eigenvalue weighted by atomic mass is 16.3. The minimum absolute atomic E-state index is 0.0391. The molecule has 1 unspecified atom stereocenters. The van der Waals surface area contributed by atoms with Gasteiger partial charge in [0.2, 0.25) is 0 Å². The molecule has 3 aromatic rings. The van der Waals surface area contributed by atoms with Crippen LogP contribution in [0.2, 0.25) is 0 Å². The number of carbonyl (C=O) groups is 1. The van der Waals surface area contributed by atoms with Crippen molar-refractivity contribution in [3.05, 3.63) is 77.6 Å². The second-order valence-corrected chi connectivity index (χ2v) is 5.84. The van der Waals surface area contributed by atoms with Crippen molar-refractivity contribution in [2.24, 2.45) is 0 Å². The first-order valence-electron chi connectivity index (χ1n) is 7.73. The van der Waals surface area contributed by atoms with E-state index in [1.165, 1.54) is 0 Å². The number of imidazole rings is 1. The Hall–Kier alpha value is -3.15. The Balaban J connectivity index is 1.70.